The second kappa shape index (κ2) is 6.85. The summed E-state index contributed by atoms with van der Waals surface area (Å²) in [5.41, 5.74) is 0.481. The molecular formula is C12H18N2O3. The van der Waals surface area contributed by atoms with E-state index in [1.165, 1.54) is 7.11 Å². The van der Waals surface area contributed by atoms with Crippen LogP contribution in [0.3, 0.4) is 0 Å². The number of hydrogen-bond donors (Lipinski definition) is 1. The van der Waals surface area contributed by atoms with E-state index < -0.39 is 0 Å². The summed E-state index contributed by atoms with van der Waals surface area (Å²) < 4.78 is 10.0. The number of hydrogen-bond acceptors (Lipinski definition) is 5. The molecule has 0 saturated carbocycles. The van der Waals surface area contributed by atoms with Crippen LogP contribution in [0.4, 0.5) is 5.82 Å². The molecule has 0 bridgehead atoms. The Balaban J connectivity index is 2.46. The topological polar surface area (TPSA) is 60.5 Å². The second-order valence-electron chi connectivity index (χ2n) is 3.77. The number of esters is 1. The molecule has 1 aromatic heterocycles. The largest absolute Gasteiger partial charge is 0.465 e. The van der Waals surface area contributed by atoms with E-state index in [9.17, 15) is 4.79 Å². The molecule has 0 saturated heterocycles. The van der Waals surface area contributed by atoms with Crippen molar-refractivity contribution in [3.8, 4) is 0 Å². The molecule has 0 spiro atoms. The molecule has 0 fully saturated rings. The first-order chi connectivity index (χ1) is 8.13. The smallest absolute Gasteiger partial charge is 0.338 e. The van der Waals surface area contributed by atoms with Gasteiger partial charge in [-0.25, -0.2) is 9.78 Å². The maximum atomic E-state index is 11.3. The summed E-state index contributed by atoms with van der Waals surface area (Å²) in [6, 6.07) is 3.27. The Bertz CT molecular complexity index is 367. The van der Waals surface area contributed by atoms with E-state index in [0.717, 1.165) is 0 Å². The highest BCUT2D eigenvalue weighted by atomic mass is 16.5. The van der Waals surface area contributed by atoms with Gasteiger partial charge in [-0.3, -0.25) is 0 Å². The molecule has 17 heavy (non-hydrogen) atoms. The maximum absolute atomic E-state index is 11.3. The van der Waals surface area contributed by atoms with Crippen LogP contribution >= 0.6 is 0 Å². The first-order valence-electron chi connectivity index (χ1n) is 5.53. The molecule has 1 rings (SSSR count). The number of nitrogens with one attached hydrogen (secondary N) is 1. The molecule has 0 aromatic carbocycles. The first-order valence-corrected chi connectivity index (χ1v) is 5.53. The van der Waals surface area contributed by atoms with Crippen molar-refractivity contribution in [2.75, 3.05) is 25.6 Å². The van der Waals surface area contributed by atoms with Gasteiger partial charge < -0.3 is 14.8 Å². The summed E-state index contributed by atoms with van der Waals surface area (Å²) in [6.45, 7) is 5.21. The van der Waals surface area contributed by atoms with Crippen LogP contribution in [0.2, 0.25) is 0 Å². The predicted octanol–water partition coefficient (Wildman–Crippen LogP) is 1.71. The fraction of sp³-hybridized carbons (Fsp3) is 0.500. The molecule has 1 N–H and O–H groups in total. The van der Waals surface area contributed by atoms with Crippen molar-refractivity contribution in [1.29, 1.82) is 0 Å². The number of carbonyl (C=O) groups excluding carboxylic acids is 1. The molecule has 5 nitrogen and oxygen atoms in total. The van der Waals surface area contributed by atoms with Gasteiger partial charge in [-0.1, -0.05) is 0 Å². The zero-order valence-electron chi connectivity index (χ0n) is 10.4. The molecule has 5 heteroatoms. The Hall–Kier alpha value is -1.62. The van der Waals surface area contributed by atoms with Gasteiger partial charge in [0.05, 0.1) is 25.4 Å². The summed E-state index contributed by atoms with van der Waals surface area (Å²) in [7, 11) is 1.35. The van der Waals surface area contributed by atoms with Crippen LogP contribution < -0.4 is 5.32 Å². The highest BCUT2D eigenvalue weighted by Gasteiger charge is 2.05. The van der Waals surface area contributed by atoms with E-state index in [1.807, 2.05) is 13.8 Å². The standard InChI is InChI=1S/C12H18N2O3/c1-9(2)17-7-6-14-11-8-10(4-5-13-11)12(15)16-3/h4-5,8-9H,6-7H2,1-3H3,(H,13,14). The van der Waals surface area contributed by atoms with Crippen LogP contribution in [0.25, 0.3) is 0 Å². The van der Waals surface area contributed by atoms with Crippen molar-refractivity contribution in [2.24, 2.45) is 0 Å². The van der Waals surface area contributed by atoms with Crippen LogP contribution in [0.15, 0.2) is 18.3 Å². The van der Waals surface area contributed by atoms with E-state index in [4.69, 9.17) is 4.74 Å². The van der Waals surface area contributed by atoms with Crippen molar-refractivity contribution in [3.63, 3.8) is 0 Å². The summed E-state index contributed by atoms with van der Waals surface area (Å²) in [5.74, 6) is 0.272. The number of methoxy groups -OCH3 is 1. The zero-order chi connectivity index (χ0) is 12.7. The Morgan fingerprint density at radius 3 is 2.94 bits per heavy atom. The van der Waals surface area contributed by atoms with Gasteiger partial charge in [-0.15, -0.1) is 0 Å². The lowest BCUT2D eigenvalue weighted by molar-refractivity contribution is 0.0600. The minimum Gasteiger partial charge on any atom is -0.465 e. The minimum atomic E-state index is -0.367. The normalized spacial score (nSPS) is 10.4. The van der Waals surface area contributed by atoms with E-state index >= 15 is 0 Å². The summed E-state index contributed by atoms with van der Waals surface area (Å²) in [6.07, 6.45) is 1.78. The van der Waals surface area contributed by atoms with E-state index in [0.29, 0.717) is 24.5 Å². The Morgan fingerprint density at radius 1 is 1.53 bits per heavy atom. The number of nitrogens with zero attached hydrogens (tertiary/aromatic N) is 1. The SMILES string of the molecule is COC(=O)c1ccnc(NCCOC(C)C)c1. The number of ether oxygens (including phenoxy) is 2. The number of carbonyl (C=O) groups is 1. The van der Waals surface area contributed by atoms with Gasteiger partial charge in [0.15, 0.2) is 0 Å². The molecule has 0 amide bonds. The van der Waals surface area contributed by atoms with Crippen molar-refractivity contribution >= 4 is 11.8 Å². The van der Waals surface area contributed by atoms with Crippen LogP contribution in [0.5, 0.6) is 0 Å². The average Bonchev–Trinajstić information content (AvgIpc) is 2.34. The fourth-order valence-electron chi connectivity index (χ4n) is 1.25. The number of anilines is 1. The van der Waals surface area contributed by atoms with Gasteiger partial charge in [0.25, 0.3) is 0 Å². The monoisotopic (exact) mass is 238 g/mol. The lowest BCUT2D eigenvalue weighted by Gasteiger charge is -2.09. The molecular weight excluding hydrogens is 220 g/mol. The second-order valence-corrected chi connectivity index (χ2v) is 3.77. The molecule has 94 valence electrons. The maximum Gasteiger partial charge on any atom is 0.338 e. The molecule has 1 heterocycles. The molecule has 0 atom stereocenters. The average molecular weight is 238 g/mol. The van der Waals surface area contributed by atoms with E-state index in [-0.39, 0.29) is 12.1 Å². The quantitative estimate of drug-likeness (QED) is 0.604. The predicted molar refractivity (Wildman–Crippen MR) is 65.2 cm³/mol. The van der Waals surface area contributed by atoms with Gasteiger partial charge in [0.2, 0.25) is 0 Å². The number of pyridine rings is 1. The molecule has 0 radical (unpaired) electrons. The van der Waals surface area contributed by atoms with Crippen LogP contribution in [-0.2, 0) is 9.47 Å². The minimum absolute atomic E-state index is 0.214. The summed E-state index contributed by atoms with van der Waals surface area (Å²) in [5, 5.41) is 3.08. The van der Waals surface area contributed by atoms with E-state index in [1.54, 1.807) is 18.3 Å². The number of rotatable bonds is 6. The van der Waals surface area contributed by atoms with Crippen molar-refractivity contribution in [2.45, 2.75) is 20.0 Å². The van der Waals surface area contributed by atoms with Gasteiger partial charge >= 0.3 is 5.97 Å². The summed E-state index contributed by atoms with van der Waals surface area (Å²) >= 11 is 0. The van der Waals surface area contributed by atoms with E-state index in [2.05, 4.69) is 15.0 Å². The van der Waals surface area contributed by atoms with Crippen molar-refractivity contribution < 1.29 is 14.3 Å². The van der Waals surface area contributed by atoms with Gasteiger partial charge in [-0.05, 0) is 26.0 Å². The molecule has 0 aliphatic heterocycles. The Morgan fingerprint density at radius 2 is 2.29 bits per heavy atom. The summed E-state index contributed by atoms with van der Waals surface area (Å²) in [4.78, 5) is 15.4. The van der Waals surface area contributed by atoms with Crippen molar-refractivity contribution in [3.05, 3.63) is 23.9 Å². The first kappa shape index (κ1) is 13.4. The molecule has 1 aromatic rings. The number of aromatic nitrogens is 1. The van der Waals surface area contributed by atoms with Gasteiger partial charge in [0, 0.05) is 12.7 Å². The lowest BCUT2D eigenvalue weighted by Crippen LogP contribution is -2.14. The third-order valence-electron chi connectivity index (χ3n) is 2.04. The Labute approximate surface area is 101 Å². The van der Waals surface area contributed by atoms with Crippen molar-refractivity contribution in [1.82, 2.24) is 4.98 Å². The van der Waals surface area contributed by atoms with Crippen LogP contribution in [-0.4, -0.2) is 37.3 Å². The lowest BCUT2D eigenvalue weighted by atomic mass is 10.2. The van der Waals surface area contributed by atoms with Gasteiger partial charge in [-0.2, -0.15) is 0 Å². The molecule has 0 aliphatic rings. The highest BCUT2D eigenvalue weighted by molar-refractivity contribution is 5.89. The fourth-order valence-corrected chi connectivity index (χ4v) is 1.25. The molecule has 0 aliphatic carbocycles. The highest BCUT2D eigenvalue weighted by Crippen LogP contribution is 2.07. The zero-order valence-corrected chi connectivity index (χ0v) is 10.4. The third kappa shape index (κ3) is 4.82. The molecule has 0 unspecified atom stereocenters. The van der Waals surface area contributed by atoms with Crippen LogP contribution in [0, 0.1) is 0 Å². The van der Waals surface area contributed by atoms with Crippen LogP contribution in [0.1, 0.15) is 24.2 Å². The Kier molecular flexibility index (Phi) is 5.42. The third-order valence-corrected chi connectivity index (χ3v) is 2.04. The van der Waals surface area contributed by atoms with Gasteiger partial charge in [0.1, 0.15) is 5.82 Å².